The van der Waals surface area contributed by atoms with Gasteiger partial charge in [-0.2, -0.15) is 0 Å². The third-order valence-corrected chi connectivity index (χ3v) is 7.78. The molecule has 1 aliphatic heterocycles. The summed E-state index contributed by atoms with van der Waals surface area (Å²) in [6, 6.07) is 37.6. The molecule has 6 nitrogen and oxygen atoms in total. The van der Waals surface area contributed by atoms with Crippen LogP contribution >= 0.6 is 27.5 Å². The Balaban J connectivity index is 1.38. The summed E-state index contributed by atoms with van der Waals surface area (Å²) in [7, 11) is 1.60. The molecule has 8 heteroatoms. The second kappa shape index (κ2) is 16.3. The van der Waals surface area contributed by atoms with E-state index in [-0.39, 0.29) is 6.61 Å². The van der Waals surface area contributed by atoms with Crippen molar-refractivity contribution in [2.24, 2.45) is 0 Å². The molecule has 1 saturated heterocycles. The lowest BCUT2D eigenvalue weighted by molar-refractivity contribution is -0.323. The molecule has 4 aromatic rings. The van der Waals surface area contributed by atoms with Gasteiger partial charge in [-0.05, 0) is 56.9 Å². The Hall–Kier alpha value is -2.77. The van der Waals surface area contributed by atoms with E-state index in [2.05, 4.69) is 28.1 Å². The highest BCUT2D eigenvalue weighted by Crippen LogP contribution is 2.31. The average molecular weight is 666 g/mol. The maximum Gasteiger partial charge on any atom is 0.186 e. The van der Waals surface area contributed by atoms with Crippen LogP contribution in [0.5, 0.6) is 0 Å². The van der Waals surface area contributed by atoms with E-state index in [4.69, 9.17) is 40.0 Å². The van der Waals surface area contributed by atoms with Crippen molar-refractivity contribution in [3.05, 3.63) is 141 Å². The zero-order valence-electron chi connectivity index (χ0n) is 23.9. The van der Waals surface area contributed by atoms with Gasteiger partial charge in [-0.25, -0.2) is 0 Å². The SMILES string of the molecule is CO[C@@H]1OC(COCc2c#cc(Br)cc2)[C@@H](OCc2ccccc2)[C@@H](OCc2ccccc2)C1OCc1ccc(Cl)cc1. The van der Waals surface area contributed by atoms with E-state index in [0.29, 0.717) is 31.5 Å². The minimum Gasteiger partial charge on any atom is -0.373 e. The van der Waals surface area contributed by atoms with Crippen LogP contribution in [0.3, 0.4) is 0 Å². The van der Waals surface area contributed by atoms with Gasteiger partial charge in [0.1, 0.15) is 24.4 Å². The molecule has 0 N–H and O–H groups in total. The Morgan fingerprint density at radius 1 is 0.674 bits per heavy atom. The molecule has 5 atom stereocenters. The van der Waals surface area contributed by atoms with Gasteiger partial charge in [0.25, 0.3) is 0 Å². The van der Waals surface area contributed by atoms with Crippen LogP contribution in [0, 0.1) is 12.1 Å². The normalized spacial score (nSPS) is 21.8. The van der Waals surface area contributed by atoms with Crippen LogP contribution in [-0.2, 0) is 54.8 Å². The van der Waals surface area contributed by atoms with E-state index in [1.807, 2.05) is 97.1 Å². The minimum atomic E-state index is -0.717. The molecule has 224 valence electrons. The fraction of sp³-hybridized carbons (Fsp3) is 0.314. The van der Waals surface area contributed by atoms with Crippen LogP contribution in [-0.4, -0.2) is 44.4 Å². The van der Waals surface area contributed by atoms with Gasteiger partial charge in [0.15, 0.2) is 6.29 Å². The first-order chi connectivity index (χ1) is 21.1. The second-order valence-corrected chi connectivity index (χ2v) is 11.5. The fourth-order valence-electron chi connectivity index (χ4n) is 4.84. The van der Waals surface area contributed by atoms with Crippen LogP contribution in [0.15, 0.2) is 102 Å². The van der Waals surface area contributed by atoms with Gasteiger partial charge in [-0.15, -0.1) is 0 Å². The van der Waals surface area contributed by atoms with Gasteiger partial charge < -0.3 is 28.4 Å². The predicted octanol–water partition coefficient (Wildman–Crippen LogP) is 7.35. The number of ether oxygens (including phenoxy) is 6. The molecule has 1 heterocycles. The number of hydrogen-bond acceptors (Lipinski definition) is 6. The molecule has 1 aliphatic rings. The lowest BCUT2D eigenvalue weighted by atomic mass is 9.97. The molecule has 0 aromatic heterocycles. The third-order valence-electron chi connectivity index (χ3n) is 7.06. The average Bonchev–Trinajstić information content (AvgIpc) is 3.05. The molecular formula is C35H34BrClO6. The predicted molar refractivity (Wildman–Crippen MR) is 167 cm³/mol. The molecule has 1 fully saturated rings. The highest BCUT2D eigenvalue weighted by atomic mass is 79.9. The topological polar surface area (TPSA) is 55.4 Å². The monoisotopic (exact) mass is 664 g/mol. The van der Waals surface area contributed by atoms with Gasteiger partial charge >= 0.3 is 0 Å². The van der Waals surface area contributed by atoms with Crippen molar-refractivity contribution in [3.63, 3.8) is 0 Å². The lowest BCUT2D eigenvalue weighted by Crippen LogP contribution is -2.61. The van der Waals surface area contributed by atoms with Crippen molar-refractivity contribution in [3.8, 4) is 0 Å². The van der Waals surface area contributed by atoms with E-state index in [0.717, 1.165) is 26.7 Å². The number of rotatable bonds is 14. The Morgan fingerprint density at radius 2 is 1.26 bits per heavy atom. The van der Waals surface area contributed by atoms with Crippen molar-refractivity contribution >= 4 is 27.5 Å². The van der Waals surface area contributed by atoms with E-state index in [1.54, 1.807) is 7.11 Å². The van der Waals surface area contributed by atoms with Crippen molar-refractivity contribution < 1.29 is 28.4 Å². The summed E-state index contributed by atoms with van der Waals surface area (Å²) in [5.74, 6) is 0. The lowest BCUT2D eigenvalue weighted by Gasteiger charge is -2.45. The first-order valence-electron chi connectivity index (χ1n) is 14.1. The molecule has 0 saturated carbocycles. The maximum atomic E-state index is 6.63. The van der Waals surface area contributed by atoms with Gasteiger partial charge in [0.05, 0.1) is 37.5 Å². The number of methoxy groups -OCH3 is 1. The summed E-state index contributed by atoms with van der Waals surface area (Å²) < 4.78 is 39.0. The van der Waals surface area contributed by atoms with Crippen LogP contribution in [0.25, 0.3) is 0 Å². The molecule has 0 radical (unpaired) electrons. The minimum absolute atomic E-state index is 0.248. The standard InChI is InChI=1S/C35H34BrClO6/c1-38-35-34(42-23-28-14-18-30(37)19-15-28)33(41-22-26-10-6-3-7-11-26)32(40-21-25-8-4-2-5-9-25)31(43-35)24-39-20-27-12-16-29(36)17-13-27/h2-12,14-16,18-19,31-35H,20-24H2,1H3/t31?,32-,33-,34?,35-/m1/s1. The van der Waals surface area contributed by atoms with Crippen molar-refractivity contribution in [2.45, 2.75) is 57.1 Å². The van der Waals surface area contributed by atoms with E-state index < -0.39 is 30.7 Å². The van der Waals surface area contributed by atoms with Gasteiger partial charge in [0, 0.05) is 17.7 Å². The molecule has 0 amide bonds. The first-order valence-corrected chi connectivity index (χ1v) is 15.3. The molecule has 0 aliphatic carbocycles. The summed E-state index contributed by atoms with van der Waals surface area (Å²) in [6.45, 7) is 1.65. The van der Waals surface area contributed by atoms with E-state index in [1.165, 1.54) is 0 Å². The number of hydrogen-bond donors (Lipinski definition) is 0. The van der Waals surface area contributed by atoms with Crippen molar-refractivity contribution in [1.82, 2.24) is 0 Å². The van der Waals surface area contributed by atoms with Gasteiger partial charge in [-0.1, -0.05) is 96.5 Å². The molecule has 0 bridgehead atoms. The number of benzene rings is 3. The van der Waals surface area contributed by atoms with E-state index >= 15 is 0 Å². The largest absolute Gasteiger partial charge is 0.373 e. The summed E-state index contributed by atoms with van der Waals surface area (Å²) in [4.78, 5) is 0. The Kier molecular flexibility index (Phi) is 12.0. The van der Waals surface area contributed by atoms with Crippen LogP contribution in [0.2, 0.25) is 5.02 Å². The summed E-state index contributed by atoms with van der Waals surface area (Å²) >= 11 is 9.50. The maximum absolute atomic E-state index is 6.63. The fourth-order valence-corrected chi connectivity index (χ4v) is 5.20. The van der Waals surface area contributed by atoms with Crippen LogP contribution < -0.4 is 0 Å². The molecule has 5 rings (SSSR count). The first kappa shape index (κ1) is 31.6. The highest BCUT2D eigenvalue weighted by molar-refractivity contribution is 9.10. The smallest absolute Gasteiger partial charge is 0.186 e. The Bertz CT molecular complexity index is 1360. The molecule has 4 aromatic carbocycles. The molecule has 2 unspecified atom stereocenters. The van der Waals surface area contributed by atoms with Crippen molar-refractivity contribution in [1.29, 1.82) is 0 Å². The summed E-state index contributed by atoms with van der Waals surface area (Å²) in [6.07, 6.45) is -2.85. The Labute approximate surface area is 266 Å². The summed E-state index contributed by atoms with van der Waals surface area (Å²) in [5, 5.41) is 0.666. The van der Waals surface area contributed by atoms with Crippen LogP contribution in [0.1, 0.15) is 22.3 Å². The summed E-state index contributed by atoms with van der Waals surface area (Å²) in [5.41, 5.74) is 3.92. The number of halogens is 2. The molecule has 0 spiro atoms. The van der Waals surface area contributed by atoms with E-state index in [9.17, 15) is 0 Å². The highest BCUT2D eigenvalue weighted by Gasteiger charge is 2.48. The molecular weight excluding hydrogens is 632 g/mol. The zero-order valence-corrected chi connectivity index (χ0v) is 26.2. The van der Waals surface area contributed by atoms with Gasteiger partial charge in [0.2, 0.25) is 0 Å². The van der Waals surface area contributed by atoms with Crippen LogP contribution in [0.4, 0.5) is 0 Å². The quantitative estimate of drug-likeness (QED) is 0.141. The third kappa shape index (κ3) is 9.36. The Morgan fingerprint density at radius 3 is 1.84 bits per heavy atom. The van der Waals surface area contributed by atoms with Gasteiger partial charge in [-0.3, -0.25) is 0 Å². The molecule has 43 heavy (non-hydrogen) atoms. The second-order valence-electron chi connectivity index (χ2n) is 10.2. The van der Waals surface area contributed by atoms with Crippen molar-refractivity contribution in [2.75, 3.05) is 13.7 Å². The zero-order chi connectivity index (χ0) is 29.9.